The van der Waals surface area contributed by atoms with E-state index in [2.05, 4.69) is 54.4 Å². The number of nitrogens with one attached hydrogen (secondary N) is 1. The molecule has 1 fully saturated rings. The van der Waals surface area contributed by atoms with Crippen LogP contribution in [0.25, 0.3) is 0 Å². The first-order chi connectivity index (χ1) is 13.1. The van der Waals surface area contributed by atoms with Gasteiger partial charge in [-0.15, -0.1) is 0 Å². The van der Waals surface area contributed by atoms with E-state index in [1.807, 2.05) is 12.1 Å². The van der Waals surface area contributed by atoms with Crippen LogP contribution in [0.4, 0.5) is 0 Å². The quantitative estimate of drug-likeness (QED) is 0.828. The Morgan fingerprint density at radius 2 is 1.63 bits per heavy atom. The number of hydrogen-bond acceptors (Lipinski definition) is 4. The molecule has 1 heterocycles. The van der Waals surface area contributed by atoms with Gasteiger partial charge in [-0.1, -0.05) is 38.1 Å². The van der Waals surface area contributed by atoms with Gasteiger partial charge in [0.2, 0.25) is 0 Å². The van der Waals surface area contributed by atoms with Gasteiger partial charge in [-0.2, -0.15) is 0 Å². The zero-order valence-corrected chi connectivity index (χ0v) is 17.0. The summed E-state index contributed by atoms with van der Waals surface area (Å²) in [6, 6.07) is 15.3. The topological polar surface area (TPSA) is 33.7 Å². The minimum atomic E-state index is 0.149. The van der Waals surface area contributed by atoms with Crippen LogP contribution in [-0.2, 0) is 0 Å². The molecule has 146 valence electrons. The average Bonchev–Trinajstić information content (AvgIpc) is 2.98. The summed E-state index contributed by atoms with van der Waals surface area (Å²) >= 11 is 0. The molecular formula is C23H32N2O2. The Balaban J connectivity index is 2.07. The molecule has 27 heavy (non-hydrogen) atoms. The summed E-state index contributed by atoms with van der Waals surface area (Å²) in [5.41, 5.74) is 3.83. The van der Waals surface area contributed by atoms with E-state index in [4.69, 9.17) is 9.47 Å². The lowest BCUT2D eigenvalue weighted by molar-refractivity contribution is 0.235. The van der Waals surface area contributed by atoms with E-state index in [9.17, 15) is 0 Å². The van der Waals surface area contributed by atoms with Crippen LogP contribution in [0, 0.1) is 0 Å². The zero-order chi connectivity index (χ0) is 19.2. The highest BCUT2D eigenvalue weighted by atomic mass is 16.5. The normalized spacial score (nSPS) is 16.8. The summed E-state index contributed by atoms with van der Waals surface area (Å²) in [4.78, 5) is 2.56. The molecule has 1 N–H and O–H groups in total. The lowest BCUT2D eigenvalue weighted by atomic mass is 9.93. The van der Waals surface area contributed by atoms with E-state index in [1.54, 1.807) is 14.2 Å². The van der Waals surface area contributed by atoms with Crippen LogP contribution in [-0.4, -0.2) is 45.3 Å². The maximum Gasteiger partial charge on any atom is 0.124 e. The summed E-state index contributed by atoms with van der Waals surface area (Å²) in [6.07, 6.45) is 1.15. The highest BCUT2D eigenvalue weighted by Gasteiger charge is 2.26. The molecule has 0 saturated carbocycles. The molecule has 0 spiro atoms. The Kier molecular flexibility index (Phi) is 6.75. The fraction of sp³-hybridized carbons (Fsp3) is 0.478. The van der Waals surface area contributed by atoms with Crippen molar-refractivity contribution < 1.29 is 9.47 Å². The number of nitrogens with zero attached hydrogens (tertiary/aromatic N) is 1. The smallest absolute Gasteiger partial charge is 0.124 e. The van der Waals surface area contributed by atoms with Crippen LogP contribution in [0.5, 0.6) is 11.5 Å². The van der Waals surface area contributed by atoms with Crippen molar-refractivity contribution in [3.8, 4) is 11.5 Å². The standard InChI is InChI=1S/C23H32N2O2/c1-17(2)18-6-8-19(9-7-18)23(25-14-5-12-24-13-15-25)21-16-20(26-3)10-11-22(21)27-4/h6-11,16-17,23-24H,5,12-15H2,1-4H3. The second kappa shape index (κ2) is 9.25. The van der Waals surface area contributed by atoms with E-state index < -0.39 is 0 Å². The first-order valence-electron chi connectivity index (χ1n) is 9.90. The van der Waals surface area contributed by atoms with Crippen molar-refractivity contribution >= 4 is 0 Å². The van der Waals surface area contributed by atoms with Gasteiger partial charge in [0.1, 0.15) is 11.5 Å². The second-order valence-electron chi connectivity index (χ2n) is 7.47. The molecule has 1 saturated heterocycles. The molecule has 1 unspecified atom stereocenters. The van der Waals surface area contributed by atoms with Crippen molar-refractivity contribution in [1.29, 1.82) is 0 Å². The van der Waals surface area contributed by atoms with E-state index in [0.717, 1.165) is 49.7 Å². The molecule has 0 radical (unpaired) electrons. The molecule has 0 bridgehead atoms. The number of hydrogen-bond donors (Lipinski definition) is 1. The summed E-state index contributed by atoms with van der Waals surface area (Å²) in [5, 5.41) is 3.51. The SMILES string of the molecule is COc1ccc(OC)c(C(c2ccc(C(C)C)cc2)N2CCCNCC2)c1. The largest absolute Gasteiger partial charge is 0.497 e. The third-order valence-corrected chi connectivity index (χ3v) is 5.39. The fourth-order valence-corrected chi connectivity index (χ4v) is 3.83. The van der Waals surface area contributed by atoms with Gasteiger partial charge in [0.05, 0.1) is 20.3 Å². The Bertz CT molecular complexity index is 720. The van der Waals surface area contributed by atoms with Crippen molar-refractivity contribution in [2.24, 2.45) is 0 Å². The Morgan fingerprint density at radius 3 is 2.30 bits per heavy atom. The van der Waals surface area contributed by atoms with Gasteiger partial charge in [-0.05, 0) is 48.2 Å². The molecule has 1 aliphatic rings. The summed E-state index contributed by atoms with van der Waals surface area (Å²) in [6.45, 7) is 8.62. The van der Waals surface area contributed by atoms with Crippen molar-refractivity contribution in [3.05, 3.63) is 59.2 Å². The monoisotopic (exact) mass is 368 g/mol. The number of methoxy groups -OCH3 is 2. The molecule has 1 aliphatic heterocycles. The highest BCUT2D eigenvalue weighted by Crippen LogP contribution is 2.37. The van der Waals surface area contributed by atoms with Gasteiger partial charge in [0.15, 0.2) is 0 Å². The molecule has 1 atom stereocenters. The average molecular weight is 369 g/mol. The van der Waals surface area contributed by atoms with E-state index in [-0.39, 0.29) is 6.04 Å². The van der Waals surface area contributed by atoms with Crippen molar-refractivity contribution in [2.45, 2.75) is 32.2 Å². The van der Waals surface area contributed by atoms with Gasteiger partial charge in [-0.3, -0.25) is 4.90 Å². The maximum atomic E-state index is 5.73. The highest BCUT2D eigenvalue weighted by molar-refractivity contribution is 5.46. The Labute approximate surface area is 163 Å². The van der Waals surface area contributed by atoms with E-state index >= 15 is 0 Å². The van der Waals surface area contributed by atoms with Gasteiger partial charge >= 0.3 is 0 Å². The third kappa shape index (κ3) is 4.63. The van der Waals surface area contributed by atoms with Crippen LogP contribution in [0.3, 0.4) is 0 Å². The molecule has 4 heteroatoms. The minimum absolute atomic E-state index is 0.149. The van der Waals surface area contributed by atoms with Crippen LogP contribution in [0.2, 0.25) is 0 Å². The van der Waals surface area contributed by atoms with Crippen LogP contribution in [0.1, 0.15) is 48.9 Å². The first-order valence-corrected chi connectivity index (χ1v) is 9.90. The lowest BCUT2D eigenvalue weighted by Gasteiger charge is -2.32. The summed E-state index contributed by atoms with van der Waals surface area (Å²) < 4.78 is 11.3. The molecule has 2 aromatic rings. The molecule has 0 aliphatic carbocycles. The molecule has 2 aromatic carbocycles. The summed E-state index contributed by atoms with van der Waals surface area (Å²) in [7, 11) is 3.46. The number of benzene rings is 2. The van der Waals surface area contributed by atoms with Crippen molar-refractivity contribution in [1.82, 2.24) is 10.2 Å². The lowest BCUT2D eigenvalue weighted by Crippen LogP contribution is -2.33. The molecule has 4 nitrogen and oxygen atoms in total. The van der Waals surface area contributed by atoms with Crippen LogP contribution >= 0.6 is 0 Å². The zero-order valence-electron chi connectivity index (χ0n) is 17.0. The Hall–Kier alpha value is -2.04. The van der Waals surface area contributed by atoms with E-state index in [1.165, 1.54) is 11.1 Å². The fourth-order valence-electron chi connectivity index (χ4n) is 3.83. The summed E-state index contributed by atoms with van der Waals surface area (Å²) in [5.74, 6) is 2.31. The number of rotatable bonds is 6. The van der Waals surface area contributed by atoms with E-state index in [0.29, 0.717) is 5.92 Å². The minimum Gasteiger partial charge on any atom is -0.497 e. The first kappa shape index (κ1) is 19.7. The second-order valence-corrected chi connectivity index (χ2v) is 7.47. The van der Waals surface area contributed by atoms with Gasteiger partial charge in [-0.25, -0.2) is 0 Å². The molecule has 3 rings (SSSR count). The van der Waals surface area contributed by atoms with Crippen molar-refractivity contribution in [3.63, 3.8) is 0 Å². The predicted molar refractivity (Wildman–Crippen MR) is 111 cm³/mol. The third-order valence-electron chi connectivity index (χ3n) is 5.39. The molecule has 0 aromatic heterocycles. The number of ether oxygens (including phenoxy) is 2. The molecule has 0 amide bonds. The molecular weight excluding hydrogens is 336 g/mol. The van der Waals surface area contributed by atoms with Gasteiger partial charge < -0.3 is 14.8 Å². The van der Waals surface area contributed by atoms with Crippen LogP contribution in [0.15, 0.2) is 42.5 Å². The predicted octanol–water partition coefficient (Wildman–Crippen LogP) is 4.21. The van der Waals surface area contributed by atoms with Crippen LogP contribution < -0.4 is 14.8 Å². The van der Waals surface area contributed by atoms with Gasteiger partial charge in [0, 0.05) is 25.2 Å². The maximum absolute atomic E-state index is 5.73. The Morgan fingerprint density at radius 1 is 0.889 bits per heavy atom. The van der Waals surface area contributed by atoms with Gasteiger partial charge in [0.25, 0.3) is 0 Å². The van der Waals surface area contributed by atoms with Crippen molar-refractivity contribution in [2.75, 3.05) is 40.4 Å².